The Kier molecular flexibility index (Phi) is 3.89. The van der Waals surface area contributed by atoms with Crippen LogP contribution in [0.25, 0.3) is 10.9 Å². The van der Waals surface area contributed by atoms with Crippen LogP contribution in [0.2, 0.25) is 0 Å². The van der Waals surface area contributed by atoms with Crippen LogP contribution in [0.3, 0.4) is 0 Å². The smallest absolute Gasteiger partial charge is 0.214 e. The van der Waals surface area contributed by atoms with Crippen LogP contribution < -0.4 is 4.74 Å². The van der Waals surface area contributed by atoms with Crippen molar-refractivity contribution < 1.29 is 14.8 Å². The van der Waals surface area contributed by atoms with Crippen LogP contribution in [0.5, 0.6) is 11.5 Å². The monoisotopic (exact) mass is 312 g/mol. The Labute approximate surface area is 132 Å². The summed E-state index contributed by atoms with van der Waals surface area (Å²) >= 11 is 0. The molecule has 0 saturated heterocycles. The maximum atomic E-state index is 11.2. The van der Waals surface area contributed by atoms with Crippen molar-refractivity contribution in [3.8, 4) is 11.5 Å². The summed E-state index contributed by atoms with van der Waals surface area (Å²) in [5, 5.41) is 21.8. The number of benzene rings is 2. The third-order valence-corrected chi connectivity index (χ3v) is 3.93. The Morgan fingerprint density at radius 3 is 2.83 bits per heavy atom. The second-order valence-electron chi connectivity index (χ2n) is 5.29. The molecule has 2 aromatic carbocycles. The van der Waals surface area contributed by atoms with E-state index in [0.29, 0.717) is 5.75 Å². The van der Waals surface area contributed by atoms with Crippen molar-refractivity contribution in [1.82, 2.24) is 4.98 Å². The van der Waals surface area contributed by atoms with Crippen molar-refractivity contribution in [1.29, 1.82) is 0 Å². The van der Waals surface area contributed by atoms with E-state index in [1.165, 1.54) is 13.2 Å². The van der Waals surface area contributed by atoms with Gasteiger partial charge in [-0.05, 0) is 29.3 Å². The van der Waals surface area contributed by atoms with Crippen LogP contribution in [-0.4, -0.2) is 28.7 Å². The van der Waals surface area contributed by atoms with Gasteiger partial charge in [-0.1, -0.05) is 24.3 Å². The number of aromatic nitrogens is 1. The van der Waals surface area contributed by atoms with Crippen LogP contribution in [0.4, 0.5) is 0 Å². The summed E-state index contributed by atoms with van der Waals surface area (Å²) in [6.07, 6.45) is 1.80. The first-order valence-corrected chi connectivity index (χ1v) is 7.15. The van der Waals surface area contributed by atoms with E-state index < -0.39 is 5.92 Å². The van der Waals surface area contributed by atoms with Gasteiger partial charge in [0.05, 0.1) is 13.0 Å². The number of nitro groups is 1. The third kappa shape index (κ3) is 2.83. The Balaban J connectivity index is 2.13. The molecule has 1 unspecified atom stereocenters. The molecule has 0 spiro atoms. The van der Waals surface area contributed by atoms with Gasteiger partial charge in [0.25, 0.3) is 0 Å². The molecule has 118 valence electrons. The molecule has 0 aliphatic carbocycles. The highest BCUT2D eigenvalue weighted by molar-refractivity contribution is 5.84. The van der Waals surface area contributed by atoms with Gasteiger partial charge in [0.1, 0.15) is 0 Å². The number of aromatic amines is 1. The topological polar surface area (TPSA) is 88.4 Å². The largest absolute Gasteiger partial charge is 0.504 e. The summed E-state index contributed by atoms with van der Waals surface area (Å²) in [6.45, 7) is -0.240. The molecule has 3 rings (SSSR count). The number of phenolic OH excluding ortho intramolecular Hbond substituents is 1. The summed E-state index contributed by atoms with van der Waals surface area (Å²) in [6, 6.07) is 12.5. The Bertz CT molecular complexity index is 857. The first kappa shape index (κ1) is 14.9. The summed E-state index contributed by atoms with van der Waals surface area (Å²) in [7, 11) is 1.45. The van der Waals surface area contributed by atoms with Crippen molar-refractivity contribution in [3.63, 3.8) is 0 Å². The number of para-hydroxylation sites is 1. The van der Waals surface area contributed by atoms with E-state index >= 15 is 0 Å². The fourth-order valence-electron chi connectivity index (χ4n) is 2.83. The lowest BCUT2D eigenvalue weighted by Gasteiger charge is -2.14. The van der Waals surface area contributed by atoms with Crippen LogP contribution in [0.15, 0.2) is 48.7 Å². The Hall–Kier alpha value is -3.02. The number of hydrogen-bond acceptors (Lipinski definition) is 4. The van der Waals surface area contributed by atoms with Crippen molar-refractivity contribution in [2.24, 2.45) is 0 Å². The van der Waals surface area contributed by atoms with Gasteiger partial charge in [0, 0.05) is 22.0 Å². The summed E-state index contributed by atoms with van der Waals surface area (Å²) < 4.78 is 5.12. The first-order chi connectivity index (χ1) is 11.1. The molecular formula is C17H16N2O4. The standard InChI is InChI=1S/C17H16N2O4/c1-23-17-8-11(6-7-16(17)20)14(10-19(21)22)13-9-18-15-5-3-2-4-12(13)15/h2-9,14,18,20H,10H2,1H3. The molecule has 1 heterocycles. The second-order valence-corrected chi connectivity index (χ2v) is 5.29. The fraction of sp³-hybridized carbons (Fsp3) is 0.176. The number of nitrogens with one attached hydrogen (secondary N) is 1. The molecule has 0 aliphatic heterocycles. The van der Waals surface area contributed by atoms with Crippen LogP contribution in [0, 0.1) is 10.1 Å². The van der Waals surface area contributed by atoms with E-state index in [1.54, 1.807) is 18.3 Å². The molecule has 6 heteroatoms. The minimum Gasteiger partial charge on any atom is -0.504 e. The number of methoxy groups -OCH3 is 1. The van der Waals surface area contributed by atoms with Crippen molar-refractivity contribution in [2.45, 2.75) is 5.92 Å². The highest BCUT2D eigenvalue weighted by Crippen LogP contribution is 2.35. The number of phenols is 1. The van der Waals surface area contributed by atoms with Crippen LogP contribution >= 0.6 is 0 Å². The normalized spacial score (nSPS) is 12.2. The number of ether oxygens (including phenoxy) is 1. The molecule has 0 aliphatic rings. The van der Waals surface area contributed by atoms with Gasteiger partial charge >= 0.3 is 0 Å². The molecule has 0 saturated carbocycles. The highest BCUT2D eigenvalue weighted by Gasteiger charge is 2.24. The average molecular weight is 312 g/mol. The van der Waals surface area contributed by atoms with E-state index in [0.717, 1.165) is 22.0 Å². The van der Waals surface area contributed by atoms with Gasteiger partial charge in [-0.2, -0.15) is 0 Å². The summed E-state index contributed by atoms with van der Waals surface area (Å²) in [5.74, 6) is -0.124. The predicted molar refractivity (Wildman–Crippen MR) is 86.7 cm³/mol. The molecule has 23 heavy (non-hydrogen) atoms. The lowest BCUT2D eigenvalue weighted by atomic mass is 9.91. The van der Waals surface area contributed by atoms with Crippen molar-refractivity contribution in [2.75, 3.05) is 13.7 Å². The van der Waals surface area contributed by atoms with E-state index in [2.05, 4.69) is 4.98 Å². The fourth-order valence-corrected chi connectivity index (χ4v) is 2.83. The van der Waals surface area contributed by atoms with Gasteiger partial charge in [-0.25, -0.2) is 0 Å². The second kappa shape index (κ2) is 6.00. The Morgan fingerprint density at radius 1 is 1.30 bits per heavy atom. The lowest BCUT2D eigenvalue weighted by molar-refractivity contribution is -0.481. The summed E-state index contributed by atoms with van der Waals surface area (Å²) in [5.41, 5.74) is 2.51. The molecular weight excluding hydrogens is 296 g/mol. The number of aromatic hydroxyl groups is 1. The Morgan fingerprint density at radius 2 is 2.09 bits per heavy atom. The van der Waals surface area contributed by atoms with Gasteiger partial charge in [0.2, 0.25) is 6.54 Å². The van der Waals surface area contributed by atoms with Crippen molar-refractivity contribution >= 4 is 10.9 Å². The van der Waals surface area contributed by atoms with Gasteiger partial charge < -0.3 is 14.8 Å². The predicted octanol–water partition coefficient (Wildman–Crippen LogP) is 3.29. The maximum absolute atomic E-state index is 11.2. The number of H-pyrrole nitrogens is 1. The number of nitrogens with zero attached hydrogens (tertiary/aromatic N) is 1. The highest BCUT2D eigenvalue weighted by atomic mass is 16.6. The third-order valence-electron chi connectivity index (χ3n) is 3.93. The maximum Gasteiger partial charge on any atom is 0.214 e. The van der Waals surface area contributed by atoms with Crippen LogP contribution in [0.1, 0.15) is 17.0 Å². The zero-order chi connectivity index (χ0) is 16.4. The SMILES string of the molecule is COc1cc(C(C[N+](=O)[O-])c2c[nH]c3ccccc23)ccc1O. The van der Waals surface area contributed by atoms with E-state index in [4.69, 9.17) is 4.74 Å². The van der Waals surface area contributed by atoms with Crippen molar-refractivity contribution in [3.05, 3.63) is 69.9 Å². The molecule has 6 nitrogen and oxygen atoms in total. The zero-order valence-electron chi connectivity index (χ0n) is 12.5. The number of fused-ring (bicyclic) bond motifs is 1. The first-order valence-electron chi connectivity index (χ1n) is 7.15. The average Bonchev–Trinajstić information content (AvgIpc) is 2.97. The van der Waals surface area contributed by atoms with Gasteiger partial charge in [0.15, 0.2) is 11.5 Å². The van der Waals surface area contributed by atoms with E-state index in [-0.39, 0.29) is 17.2 Å². The zero-order valence-corrected chi connectivity index (χ0v) is 12.5. The van der Waals surface area contributed by atoms with Gasteiger partial charge in [-0.15, -0.1) is 0 Å². The molecule has 2 N–H and O–H groups in total. The lowest BCUT2D eigenvalue weighted by Crippen LogP contribution is -2.13. The molecule has 1 aromatic heterocycles. The van der Waals surface area contributed by atoms with Gasteiger partial charge in [-0.3, -0.25) is 10.1 Å². The minimum atomic E-state index is -0.435. The number of hydrogen-bond donors (Lipinski definition) is 2. The molecule has 3 aromatic rings. The van der Waals surface area contributed by atoms with E-state index in [9.17, 15) is 15.2 Å². The molecule has 0 radical (unpaired) electrons. The number of rotatable bonds is 5. The molecule has 1 atom stereocenters. The molecule has 0 bridgehead atoms. The summed E-state index contributed by atoms with van der Waals surface area (Å²) in [4.78, 5) is 14.0. The quantitative estimate of drug-likeness (QED) is 0.559. The van der Waals surface area contributed by atoms with E-state index in [1.807, 2.05) is 24.3 Å². The minimum absolute atomic E-state index is 0.00929. The molecule has 0 amide bonds. The van der Waals surface area contributed by atoms with Crippen LogP contribution in [-0.2, 0) is 0 Å². The molecule has 0 fully saturated rings.